The van der Waals surface area contributed by atoms with Crippen LogP contribution in [-0.4, -0.2) is 18.2 Å². The Morgan fingerprint density at radius 3 is 2.25 bits per heavy atom. The second-order valence-corrected chi connectivity index (χ2v) is 4.47. The van der Waals surface area contributed by atoms with Gasteiger partial charge < -0.3 is 9.84 Å². The van der Waals surface area contributed by atoms with Crippen LogP contribution in [0.15, 0.2) is 18.2 Å². The molecule has 0 saturated heterocycles. The molecule has 0 unspecified atom stereocenters. The quantitative estimate of drug-likeness (QED) is 0.843. The van der Waals surface area contributed by atoms with Crippen LogP contribution >= 0.6 is 0 Å². The van der Waals surface area contributed by atoms with Gasteiger partial charge in [0.15, 0.2) is 0 Å². The first-order valence-electron chi connectivity index (χ1n) is 4.78. The smallest absolute Gasteiger partial charge is 0.339 e. The summed E-state index contributed by atoms with van der Waals surface area (Å²) in [6.07, 6.45) is 0. The number of aromatic carboxylic acids is 1. The molecular weight excluding hydrogens is 258 g/mol. The summed E-state index contributed by atoms with van der Waals surface area (Å²) in [5.41, 5.74) is 1.14. The Labute approximate surface area is 109 Å². The van der Waals surface area contributed by atoms with Gasteiger partial charge in [-0.3, -0.25) is 0 Å². The SMILES string of the molecule is COc1ccc(C(C)(C)C)cc1C(=O)O.[Zn]. The summed E-state index contributed by atoms with van der Waals surface area (Å²) in [4.78, 5) is 11.0. The number of methoxy groups -OCH3 is 1. The number of carboxylic acid groups (broad SMARTS) is 1. The van der Waals surface area contributed by atoms with Crippen LogP contribution in [0.5, 0.6) is 5.75 Å². The zero-order valence-electron chi connectivity index (χ0n) is 10.2. The first-order valence-corrected chi connectivity index (χ1v) is 4.78. The summed E-state index contributed by atoms with van der Waals surface area (Å²) in [5, 5.41) is 9.01. The van der Waals surface area contributed by atoms with Gasteiger partial charge in [0, 0.05) is 19.5 Å². The number of benzene rings is 1. The molecule has 4 heteroatoms. The Kier molecular flexibility index (Phi) is 5.14. The van der Waals surface area contributed by atoms with Gasteiger partial charge in [0.05, 0.1) is 7.11 Å². The monoisotopic (exact) mass is 272 g/mol. The molecule has 1 aromatic carbocycles. The largest absolute Gasteiger partial charge is 0.496 e. The summed E-state index contributed by atoms with van der Waals surface area (Å²) in [7, 11) is 1.47. The Morgan fingerprint density at radius 1 is 1.31 bits per heavy atom. The molecule has 0 spiro atoms. The fourth-order valence-electron chi connectivity index (χ4n) is 1.34. The Bertz CT molecular complexity index is 380. The maximum absolute atomic E-state index is 11.0. The van der Waals surface area contributed by atoms with Crippen molar-refractivity contribution in [3.63, 3.8) is 0 Å². The van der Waals surface area contributed by atoms with Crippen LogP contribution in [-0.2, 0) is 24.9 Å². The molecule has 0 fully saturated rings. The van der Waals surface area contributed by atoms with Crippen molar-refractivity contribution in [1.82, 2.24) is 0 Å². The standard InChI is InChI=1S/C12H16O3.Zn/c1-12(2,3)8-5-6-10(15-4)9(7-8)11(13)14;/h5-7H,1-4H3,(H,13,14);. The maximum Gasteiger partial charge on any atom is 0.339 e. The van der Waals surface area contributed by atoms with Crippen molar-refractivity contribution in [2.75, 3.05) is 7.11 Å². The van der Waals surface area contributed by atoms with Crippen LogP contribution in [0.3, 0.4) is 0 Å². The molecule has 1 rings (SSSR count). The summed E-state index contributed by atoms with van der Waals surface area (Å²) in [5.74, 6) is -0.562. The predicted octanol–water partition coefficient (Wildman–Crippen LogP) is 2.69. The van der Waals surface area contributed by atoms with Crippen molar-refractivity contribution in [2.45, 2.75) is 26.2 Å². The summed E-state index contributed by atoms with van der Waals surface area (Å²) in [6.45, 7) is 6.13. The van der Waals surface area contributed by atoms with Crippen LogP contribution in [0, 0.1) is 0 Å². The van der Waals surface area contributed by atoms with Gasteiger partial charge in [0.25, 0.3) is 0 Å². The number of rotatable bonds is 2. The first kappa shape index (κ1) is 15.1. The average molecular weight is 274 g/mol. The van der Waals surface area contributed by atoms with Crippen molar-refractivity contribution in [2.24, 2.45) is 0 Å². The first-order chi connectivity index (χ1) is 6.86. The van der Waals surface area contributed by atoms with Gasteiger partial charge in [-0.1, -0.05) is 26.8 Å². The van der Waals surface area contributed by atoms with Gasteiger partial charge in [-0.15, -0.1) is 0 Å². The Hall–Kier alpha value is -0.887. The minimum absolute atomic E-state index is 0. The number of ether oxygens (including phenoxy) is 1. The van der Waals surface area contributed by atoms with Gasteiger partial charge >= 0.3 is 5.97 Å². The van der Waals surface area contributed by atoms with Crippen molar-refractivity contribution < 1.29 is 34.1 Å². The zero-order chi connectivity index (χ0) is 11.6. The molecule has 0 heterocycles. The van der Waals surface area contributed by atoms with Crippen LogP contribution in [0.1, 0.15) is 36.7 Å². The third-order valence-electron chi connectivity index (χ3n) is 2.30. The normalized spacial score (nSPS) is 10.5. The van der Waals surface area contributed by atoms with Gasteiger partial charge in [-0.25, -0.2) is 4.79 Å². The summed E-state index contributed by atoms with van der Waals surface area (Å²) in [6, 6.07) is 5.26. The minimum atomic E-state index is -0.960. The molecule has 0 radical (unpaired) electrons. The molecule has 84 valence electrons. The van der Waals surface area contributed by atoms with E-state index >= 15 is 0 Å². The van der Waals surface area contributed by atoms with Crippen molar-refractivity contribution in [3.8, 4) is 5.75 Å². The number of hydrogen-bond donors (Lipinski definition) is 1. The molecule has 0 amide bonds. The molecule has 0 aromatic heterocycles. The molecule has 3 nitrogen and oxygen atoms in total. The van der Waals surface area contributed by atoms with Crippen molar-refractivity contribution >= 4 is 5.97 Å². The van der Waals surface area contributed by atoms with E-state index in [-0.39, 0.29) is 30.5 Å². The van der Waals surface area contributed by atoms with Gasteiger partial charge in [0.2, 0.25) is 0 Å². The number of carbonyl (C=O) groups is 1. The summed E-state index contributed by atoms with van der Waals surface area (Å²) < 4.78 is 4.99. The summed E-state index contributed by atoms with van der Waals surface area (Å²) >= 11 is 0. The van der Waals surface area contributed by atoms with E-state index in [4.69, 9.17) is 9.84 Å². The molecule has 0 aliphatic rings. The maximum atomic E-state index is 11.0. The molecule has 0 saturated carbocycles. The van der Waals surface area contributed by atoms with Crippen LogP contribution < -0.4 is 4.74 Å². The van der Waals surface area contributed by atoms with E-state index in [9.17, 15) is 4.79 Å². The molecule has 0 aliphatic heterocycles. The molecular formula is C12H16O3Zn. The van der Waals surface area contributed by atoms with E-state index < -0.39 is 5.97 Å². The van der Waals surface area contributed by atoms with E-state index in [2.05, 4.69) is 0 Å². The second-order valence-electron chi connectivity index (χ2n) is 4.47. The predicted molar refractivity (Wildman–Crippen MR) is 58.7 cm³/mol. The third kappa shape index (κ3) is 3.31. The second kappa shape index (κ2) is 5.44. The van der Waals surface area contributed by atoms with E-state index in [0.29, 0.717) is 5.75 Å². The van der Waals surface area contributed by atoms with Gasteiger partial charge in [-0.05, 0) is 23.1 Å². The van der Waals surface area contributed by atoms with E-state index in [1.165, 1.54) is 7.11 Å². The van der Waals surface area contributed by atoms with E-state index in [0.717, 1.165) is 5.56 Å². The molecule has 0 bridgehead atoms. The van der Waals surface area contributed by atoms with Gasteiger partial charge in [0.1, 0.15) is 11.3 Å². The molecule has 16 heavy (non-hydrogen) atoms. The van der Waals surface area contributed by atoms with Gasteiger partial charge in [-0.2, -0.15) is 0 Å². The molecule has 1 N–H and O–H groups in total. The van der Waals surface area contributed by atoms with E-state index in [1.54, 1.807) is 12.1 Å². The number of carboxylic acids is 1. The Morgan fingerprint density at radius 2 is 1.88 bits per heavy atom. The van der Waals surface area contributed by atoms with Crippen molar-refractivity contribution in [3.05, 3.63) is 29.3 Å². The van der Waals surface area contributed by atoms with Crippen LogP contribution in [0.4, 0.5) is 0 Å². The fraction of sp³-hybridized carbons (Fsp3) is 0.417. The fourth-order valence-corrected chi connectivity index (χ4v) is 1.34. The third-order valence-corrected chi connectivity index (χ3v) is 2.30. The molecule has 1 aromatic rings. The minimum Gasteiger partial charge on any atom is -0.496 e. The Balaban J connectivity index is 0.00000225. The van der Waals surface area contributed by atoms with Crippen LogP contribution in [0.2, 0.25) is 0 Å². The number of hydrogen-bond acceptors (Lipinski definition) is 2. The average Bonchev–Trinajstić information content (AvgIpc) is 2.15. The zero-order valence-corrected chi connectivity index (χ0v) is 13.2. The topological polar surface area (TPSA) is 46.5 Å². The van der Waals surface area contributed by atoms with Crippen molar-refractivity contribution in [1.29, 1.82) is 0 Å². The molecule has 0 aliphatic carbocycles. The molecule has 0 atom stereocenters. The van der Waals surface area contributed by atoms with E-state index in [1.807, 2.05) is 26.8 Å². The van der Waals surface area contributed by atoms with Crippen LogP contribution in [0.25, 0.3) is 0 Å².